The number of rotatable bonds is 2. The van der Waals surface area contributed by atoms with Gasteiger partial charge in [0.05, 0.1) is 16.6 Å². The van der Waals surface area contributed by atoms with E-state index in [-0.39, 0.29) is 4.90 Å². The van der Waals surface area contributed by atoms with Crippen molar-refractivity contribution < 1.29 is 8.42 Å². The fourth-order valence-corrected chi connectivity index (χ4v) is 2.82. The van der Waals surface area contributed by atoms with E-state index in [1.165, 1.54) is 23.5 Å². The second kappa shape index (κ2) is 3.87. The number of aromatic nitrogens is 3. The zero-order valence-electron chi connectivity index (χ0n) is 9.02. The molecule has 0 atom stereocenters. The van der Waals surface area contributed by atoms with E-state index in [2.05, 4.69) is 10.1 Å². The first-order valence-corrected chi connectivity index (χ1v) is 7.39. The zero-order valence-corrected chi connectivity index (χ0v) is 10.6. The van der Waals surface area contributed by atoms with E-state index in [0.29, 0.717) is 5.39 Å². The summed E-state index contributed by atoms with van der Waals surface area (Å²) in [6.07, 6.45) is 3.28. The molecule has 6 nitrogen and oxygen atoms in total. The average Bonchev–Trinajstić information content (AvgIpc) is 2.95. The van der Waals surface area contributed by atoms with E-state index in [1.807, 2.05) is 5.38 Å². The van der Waals surface area contributed by atoms with E-state index in [0.717, 1.165) is 10.6 Å². The Bertz CT molecular complexity index is 806. The highest BCUT2D eigenvalue weighted by molar-refractivity contribution is 7.89. The minimum absolute atomic E-state index is 0.0775. The standard InChI is InChI=1S/C10H8N4O2S2/c11-18(15,16)8-1-2-9-7(5-8)6-13-14(9)10-12-3-4-17-10/h1-6H,(H2,11,15,16). The lowest BCUT2D eigenvalue weighted by atomic mass is 10.2. The molecule has 0 aliphatic heterocycles. The molecule has 2 heterocycles. The quantitative estimate of drug-likeness (QED) is 0.761. The fourth-order valence-electron chi connectivity index (χ4n) is 1.66. The van der Waals surface area contributed by atoms with E-state index in [4.69, 9.17) is 5.14 Å². The number of fused-ring (bicyclic) bond motifs is 1. The number of hydrogen-bond donors (Lipinski definition) is 1. The van der Waals surface area contributed by atoms with Gasteiger partial charge in [-0.1, -0.05) is 0 Å². The Morgan fingerprint density at radius 3 is 2.83 bits per heavy atom. The molecule has 0 bridgehead atoms. The van der Waals surface area contributed by atoms with E-state index in [9.17, 15) is 8.42 Å². The Balaban J connectivity index is 2.23. The summed E-state index contributed by atoms with van der Waals surface area (Å²) in [6, 6.07) is 4.63. The van der Waals surface area contributed by atoms with Gasteiger partial charge >= 0.3 is 0 Å². The summed E-state index contributed by atoms with van der Waals surface area (Å²) in [5, 5.41) is 12.6. The van der Waals surface area contributed by atoms with Gasteiger partial charge in [-0.2, -0.15) is 5.10 Å². The first-order chi connectivity index (χ1) is 8.55. The van der Waals surface area contributed by atoms with Gasteiger partial charge in [0.15, 0.2) is 0 Å². The van der Waals surface area contributed by atoms with Gasteiger partial charge in [-0.05, 0) is 18.2 Å². The van der Waals surface area contributed by atoms with Crippen LogP contribution in [0.15, 0.2) is 40.9 Å². The number of primary sulfonamides is 1. The SMILES string of the molecule is NS(=O)(=O)c1ccc2c(cnn2-c2nccs2)c1. The molecule has 8 heteroatoms. The predicted molar refractivity (Wildman–Crippen MR) is 68.1 cm³/mol. The van der Waals surface area contributed by atoms with Crippen LogP contribution in [-0.4, -0.2) is 23.2 Å². The number of nitrogens with two attached hydrogens (primary N) is 1. The Labute approximate surface area is 107 Å². The Morgan fingerprint density at radius 2 is 2.17 bits per heavy atom. The summed E-state index contributed by atoms with van der Waals surface area (Å²) in [5.41, 5.74) is 0.789. The zero-order chi connectivity index (χ0) is 12.8. The van der Waals surface area contributed by atoms with Crippen LogP contribution in [0, 0.1) is 0 Å². The molecule has 92 valence electrons. The molecule has 0 saturated carbocycles. The smallest absolute Gasteiger partial charge is 0.227 e. The largest absolute Gasteiger partial charge is 0.238 e. The lowest BCUT2D eigenvalue weighted by Gasteiger charge is -2.00. The Kier molecular flexibility index (Phi) is 2.44. The fraction of sp³-hybridized carbons (Fsp3) is 0. The maximum absolute atomic E-state index is 11.3. The minimum atomic E-state index is -3.69. The van der Waals surface area contributed by atoms with Crippen molar-refractivity contribution in [1.29, 1.82) is 0 Å². The molecule has 2 N–H and O–H groups in total. The molecule has 3 aromatic rings. The van der Waals surface area contributed by atoms with Crippen molar-refractivity contribution in [3.8, 4) is 5.13 Å². The second-order valence-corrected chi connectivity index (χ2v) is 6.07. The normalized spacial score (nSPS) is 12.1. The van der Waals surface area contributed by atoms with Gasteiger partial charge < -0.3 is 0 Å². The molecule has 0 aliphatic rings. The maximum atomic E-state index is 11.3. The van der Waals surface area contributed by atoms with Crippen LogP contribution in [0.1, 0.15) is 0 Å². The number of thiazole rings is 1. The molecular weight excluding hydrogens is 272 g/mol. The van der Waals surface area contributed by atoms with Gasteiger partial charge in [-0.3, -0.25) is 0 Å². The molecule has 18 heavy (non-hydrogen) atoms. The van der Waals surface area contributed by atoms with Crippen LogP contribution < -0.4 is 5.14 Å². The highest BCUT2D eigenvalue weighted by atomic mass is 32.2. The Hall–Kier alpha value is -1.77. The molecule has 0 unspecified atom stereocenters. The summed E-state index contributed by atoms with van der Waals surface area (Å²) >= 11 is 1.45. The van der Waals surface area contributed by atoms with Gasteiger partial charge in [0.2, 0.25) is 15.2 Å². The van der Waals surface area contributed by atoms with Crippen molar-refractivity contribution in [2.45, 2.75) is 4.90 Å². The first-order valence-electron chi connectivity index (χ1n) is 4.96. The molecule has 0 aliphatic carbocycles. The summed E-state index contributed by atoms with van der Waals surface area (Å²) < 4.78 is 24.2. The average molecular weight is 280 g/mol. The van der Waals surface area contributed by atoms with E-state index >= 15 is 0 Å². The summed E-state index contributed by atoms with van der Waals surface area (Å²) in [4.78, 5) is 4.23. The van der Waals surface area contributed by atoms with Crippen LogP contribution in [0.5, 0.6) is 0 Å². The molecule has 3 rings (SSSR count). The molecule has 0 fully saturated rings. The van der Waals surface area contributed by atoms with E-state index in [1.54, 1.807) is 23.1 Å². The third-order valence-corrected chi connectivity index (χ3v) is 4.13. The number of sulfonamides is 1. The first kappa shape index (κ1) is 11.3. The van der Waals surface area contributed by atoms with Gasteiger partial charge in [0.25, 0.3) is 0 Å². The van der Waals surface area contributed by atoms with Crippen molar-refractivity contribution in [2.75, 3.05) is 0 Å². The van der Waals surface area contributed by atoms with Crippen molar-refractivity contribution in [3.63, 3.8) is 0 Å². The molecule has 0 radical (unpaired) electrons. The van der Waals surface area contributed by atoms with Crippen molar-refractivity contribution in [1.82, 2.24) is 14.8 Å². The lowest BCUT2D eigenvalue weighted by Crippen LogP contribution is -2.11. The van der Waals surface area contributed by atoms with Gasteiger partial charge in [0, 0.05) is 17.0 Å². The van der Waals surface area contributed by atoms with Crippen LogP contribution in [-0.2, 0) is 10.0 Å². The minimum Gasteiger partial charge on any atom is -0.227 e. The van der Waals surface area contributed by atoms with Crippen LogP contribution in [0.2, 0.25) is 0 Å². The number of hydrogen-bond acceptors (Lipinski definition) is 5. The summed E-state index contributed by atoms with van der Waals surface area (Å²) in [6.45, 7) is 0. The van der Waals surface area contributed by atoms with Crippen molar-refractivity contribution in [2.24, 2.45) is 5.14 Å². The molecule has 0 saturated heterocycles. The molecule has 0 amide bonds. The maximum Gasteiger partial charge on any atom is 0.238 e. The van der Waals surface area contributed by atoms with Crippen LogP contribution in [0.3, 0.4) is 0 Å². The van der Waals surface area contributed by atoms with Crippen LogP contribution in [0.4, 0.5) is 0 Å². The highest BCUT2D eigenvalue weighted by Gasteiger charge is 2.12. The van der Waals surface area contributed by atoms with E-state index < -0.39 is 10.0 Å². The third-order valence-electron chi connectivity index (χ3n) is 2.47. The summed E-state index contributed by atoms with van der Waals surface area (Å²) in [7, 11) is -3.69. The number of benzene rings is 1. The third kappa shape index (κ3) is 1.80. The highest BCUT2D eigenvalue weighted by Crippen LogP contribution is 2.22. The topological polar surface area (TPSA) is 90.9 Å². The van der Waals surface area contributed by atoms with Gasteiger partial charge in [-0.25, -0.2) is 23.2 Å². The predicted octanol–water partition coefficient (Wildman–Crippen LogP) is 1.13. The molecule has 2 aromatic heterocycles. The van der Waals surface area contributed by atoms with Crippen LogP contribution in [0.25, 0.3) is 16.0 Å². The van der Waals surface area contributed by atoms with Crippen LogP contribution >= 0.6 is 11.3 Å². The second-order valence-electron chi connectivity index (χ2n) is 3.64. The Morgan fingerprint density at radius 1 is 1.33 bits per heavy atom. The molecule has 0 spiro atoms. The summed E-state index contributed by atoms with van der Waals surface area (Å²) in [5.74, 6) is 0. The molecular formula is C10H8N4O2S2. The molecule has 1 aromatic carbocycles. The van der Waals surface area contributed by atoms with Crippen molar-refractivity contribution in [3.05, 3.63) is 36.0 Å². The van der Waals surface area contributed by atoms with Crippen molar-refractivity contribution >= 4 is 32.3 Å². The number of nitrogens with zero attached hydrogens (tertiary/aromatic N) is 3. The van der Waals surface area contributed by atoms with Gasteiger partial charge in [0.1, 0.15) is 0 Å². The van der Waals surface area contributed by atoms with Gasteiger partial charge in [-0.15, -0.1) is 11.3 Å². The monoisotopic (exact) mass is 280 g/mol. The lowest BCUT2D eigenvalue weighted by molar-refractivity contribution is 0.598.